The number of aryl methyl sites for hydroxylation is 1. The Labute approximate surface area is 230 Å². The Kier molecular flexibility index (Phi) is 9.17. The summed E-state index contributed by atoms with van der Waals surface area (Å²) in [6.07, 6.45) is 0.00522. The van der Waals surface area contributed by atoms with Crippen LogP contribution in [-0.2, 0) is 18.5 Å². The largest absolute Gasteiger partial charge is 0.368 e. The standard InChI is InChI=1S/C27H36N5O6P/c1-17(2)32(18(3)4)39(36-14-10-13-28)38-22-21-25(37-27(22,6)16-35-21)31-15-19(5)23(30-26(31)34)29-24(33)20-11-8-7-9-12-20/h7-9,11-12,15,17-18,21-22,25H,10,14,16H2,1-6H3,(H,29,30,33,34)/t21-,22?,25+,27+,39?/m0/s1. The molecule has 4 rings (SSSR count). The maximum Gasteiger partial charge on any atom is 0.351 e. The fourth-order valence-electron chi connectivity index (χ4n) is 4.88. The molecule has 2 aliphatic rings. The zero-order valence-corrected chi connectivity index (χ0v) is 24.1. The summed E-state index contributed by atoms with van der Waals surface area (Å²) in [5.41, 5.74) is -0.334. The van der Waals surface area contributed by atoms with E-state index in [9.17, 15) is 9.59 Å². The number of nitrogens with zero attached hydrogens (tertiary/aromatic N) is 4. The first-order valence-corrected chi connectivity index (χ1v) is 14.2. The van der Waals surface area contributed by atoms with Crippen LogP contribution in [0.3, 0.4) is 0 Å². The summed E-state index contributed by atoms with van der Waals surface area (Å²) in [5.74, 6) is -0.166. The molecule has 2 unspecified atom stereocenters. The van der Waals surface area contributed by atoms with E-state index in [1.807, 2.05) is 13.0 Å². The van der Waals surface area contributed by atoms with Crippen molar-refractivity contribution in [2.24, 2.45) is 0 Å². The van der Waals surface area contributed by atoms with Crippen molar-refractivity contribution in [2.75, 3.05) is 18.5 Å². The van der Waals surface area contributed by atoms with Gasteiger partial charge < -0.3 is 23.8 Å². The minimum Gasteiger partial charge on any atom is -0.368 e. The number of carbonyl (C=O) groups excluding carboxylic acids is 1. The SMILES string of the molecule is Cc1cn([C@@H]2O[C@]3(C)CO[C@H]2C3OP(OCCC#N)N(C(C)C)C(C)C)c(=O)nc1NC(=O)c1ccccc1. The summed E-state index contributed by atoms with van der Waals surface area (Å²) in [6.45, 7) is 12.5. The average molecular weight is 558 g/mol. The van der Waals surface area contributed by atoms with Crippen molar-refractivity contribution >= 4 is 20.3 Å². The lowest BCUT2D eigenvalue weighted by Gasteiger charge is -2.38. The summed E-state index contributed by atoms with van der Waals surface area (Å²) in [7, 11) is -1.54. The van der Waals surface area contributed by atoms with Gasteiger partial charge in [-0.05, 0) is 53.7 Å². The number of amides is 1. The molecule has 1 N–H and O–H groups in total. The number of aromatic nitrogens is 2. The molecule has 2 saturated heterocycles. The number of nitrogens with one attached hydrogen (secondary N) is 1. The molecular formula is C27H36N5O6P. The van der Waals surface area contributed by atoms with Crippen LogP contribution in [0.2, 0.25) is 0 Å². The Morgan fingerprint density at radius 3 is 2.64 bits per heavy atom. The van der Waals surface area contributed by atoms with Gasteiger partial charge in [0.1, 0.15) is 23.6 Å². The van der Waals surface area contributed by atoms with Gasteiger partial charge in [0.15, 0.2) is 6.23 Å². The van der Waals surface area contributed by atoms with Gasteiger partial charge in [0.25, 0.3) is 14.4 Å². The first kappa shape index (κ1) is 29.3. The fourth-order valence-corrected chi connectivity index (χ4v) is 6.72. The molecule has 0 saturated carbocycles. The molecule has 1 amide bonds. The van der Waals surface area contributed by atoms with E-state index in [-0.39, 0.29) is 36.8 Å². The fraction of sp³-hybridized carbons (Fsp3) is 0.556. The first-order valence-electron chi connectivity index (χ1n) is 13.1. The molecule has 0 spiro atoms. The molecule has 39 heavy (non-hydrogen) atoms. The van der Waals surface area contributed by atoms with Gasteiger partial charge in [-0.25, -0.2) is 9.46 Å². The molecule has 2 fully saturated rings. The molecule has 12 heteroatoms. The predicted molar refractivity (Wildman–Crippen MR) is 146 cm³/mol. The lowest BCUT2D eigenvalue weighted by atomic mass is 10.0. The van der Waals surface area contributed by atoms with Crippen molar-refractivity contribution < 1.29 is 23.3 Å². The highest BCUT2D eigenvalue weighted by Gasteiger charge is 2.62. The normalized spacial score (nSPS) is 24.9. The molecular weight excluding hydrogens is 521 g/mol. The van der Waals surface area contributed by atoms with Crippen LogP contribution in [0.4, 0.5) is 5.82 Å². The molecule has 11 nitrogen and oxygen atoms in total. The Balaban J connectivity index is 1.56. The van der Waals surface area contributed by atoms with E-state index in [1.54, 1.807) is 37.4 Å². The zero-order chi connectivity index (χ0) is 28.3. The summed E-state index contributed by atoms with van der Waals surface area (Å²) < 4.78 is 28.7. The summed E-state index contributed by atoms with van der Waals surface area (Å²) in [5, 5.41) is 11.7. The number of fused-ring (bicyclic) bond motifs is 2. The number of hydrogen-bond acceptors (Lipinski definition) is 9. The smallest absolute Gasteiger partial charge is 0.351 e. The molecule has 0 radical (unpaired) electrons. The number of nitriles is 1. The topological polar surface area (TPSA) is 128 Å². The Hall–Kier alpha value is -2.71. The molecule has 1 aromatic carbocycles. The third-order valence-corrected chi connectivity index (χ3v) is 8.79. The first-order chi connectivity index (χ1) is 18.6. The van der Waals surface area contributed by atoms with Crippen LogP contribution in [-0.4, -0.2) is 63.2 Å². The van der Waals surface area contributed by atoms with Crippen molar-refractivity contribution in [3.8, 4) is 6.07 Å². The van der Waals surface area contributed by atoms with Gasteiger partial charge in [0, 0.05) is 29.4 Å². The highest BCUT2D eigenvalue weighted by atomic mass is 31.2. The molecule has 1 aromatic heterocycles. The second kappa shape index (κ2) is 12.2. The van der Waals surface area contributed by atoms with E-state index in [2.05, 4.69) is 48.7 Å². The van der Waals surface area contributed by atoms with Crippen LogP contribution in [0.25, 0.3) is 0 Å². The second-order valence-electron chi connectivity index (χ2n) is 10.5. The van der Waals surface area contributed by atoms with Crippen molar-refractivity contribution in [3.05, 3.63) is 58.1 Å². The summed E-state index contributed by atoms with van der Waals surface area (Å²) >= 11 is 0. The van der Waals surface area contributed by atoms with E-state index in [1.165, 1.54) is 4.57 Å². The van der Waals surface area contributed by atoms with Crippen LogP contribution < -0.4 is 11.0 Å². The Morgan fingerprint density at radius 2 is 2.00 bits per heavy atom. The van der Waals surface area contributed by atoms with Crippen LogP contribution >= 0.6 is 8.53 Å². The number of carbonyl (C=O) groups is 1. The average Bonchev–Trinajstić information content (AvgIpc) is 3.34. The predicted octanol–water partition coefficient (Wildman–Crippen LogP) is 4.15. The monoisotopic (exact) mass is 557 g/mol. The van der Waals surface area contributed by atoms with Gasteiger partial charge in [0.05, 0.1) is 25.7 Å². The number of rotatable bonds is 11. The number of hydrogen-bond donors (Lipinski definition) is 1. The molecule has 3 heterocycles. The zero-order valence-electron chi connectivity index (χ0n) is 23.2. The number of benzene rings is 1. The maximum absolute atomic E-state index is 13.1. The molecule has 2 aliphatic heterocycles. The van der Waals surface area contributed by atoms with Gasteiger partial charge in [-0.2, -0.15) is 10.2 Å². The quantitative estimate of drug-likeness (QED) is 0.320. The Morgan fingerprint density at radius 1 is 1.31 bits per heavy atom. The van der Waals surface area contributed by atoms with E-state index < -0.39 is 38.3 Å². The van der Waals surface area contributed by atoms with Gasteiger partial charge in [-0.15, -0.1) is 0 Å². The van der Waals surface area contributed by atoms with Crippen molar-refractivity contribution in [3.63, 3.8) is 0 Å². The second-order valence-corrected chi connectivity index (χ2v) is 11.9. The lowest BCUT2D eigenvalue weighted by Crippen LogP contribution is -2.40. The van der Waals surface area contributed by atoms with Crippen LogP contribution in [0.1, 0.15) is 63.2 Å². The van der Waals surface area contributed by atoms with Crippen molar-refractivity contribution in [2.45, 2.75) is 84.1 Å². The van der Waals surface area contributed by atoms with Gasteiger partial charge in [-0.1, -0.05) is 18.2 Å². The highest BCUT2D eigenvalue weighted by Crippen LogP contribution is 2.54. The summed E-state index contributed by atoms with van der Waals surface area (Å²) in [4.78, 5) is 29.9. The lowest BCUT2D eigenvalue weighted by molar-refractivity contribution is -0.167. The Bertz CT molecular complexity index is 1260. The third-order valence-electron chi connectivity index (χ3n) is 6.68. The minimum atomic E-state index is -1.54. The summed E-state index contributed by atoms with van der Waals surface area (Å²) in [6, 6.07) is 11.1. The number of anilines is 1. The molecule has 2 bridgehead atoms. The van der Waals surface area contributed by atoms with E-state index >= 15 is 0 Å². The van der Waals surface area contributed by atoms with E-state index in [4.69, 9.17) is 23.8 Å². The maximum atomic E-state index is 13.1. The van der Waals surface area contributed by atoms with Crippen LogP contribution in [0.5, 0.6) is 0 Å². The van der Waals surface area contributed by atoms with E-state index in [0.29, 0.717) is 17.7 Å². The highest BCUT2D eigenvalue weighted by molar-refractivity contribution is 7.44. The van der Waals surface area contributed by atoms with Crippen molar-refractivity contribution in [1.29, 1.82) is 5.26 Å². The molecule has 210 valence electrons. The molecule has 5 atom stereocenters. The third kappa shape index (κ3) is 6.22. The van der Waals surface area contributed by atoms with Crippen molar-refractivity contribution in [1.82, 2.24) is 14.2 Å². The van der Waals surface area contributed by atoms with Crippen LogP contribution in [0.15, 0.2) is 41.3 Å². The van der Waals surface area contributed by atoms with Gasteiger partial charge >= 0.3 is 5.69 Å². The van der Waals surface area contributed by atoms with Gasteiger partial charge in [0.2, 0.25) is 0 Å². The molecule has 2 aromatic rings. The number of ether oxygens (including phenoxy) is 2. The molecule has 0 aliphatic carbocycles. The minimum absolute atomic E-state index is 0.135. The van der Waals surface area contributed by atoms with E-state index in [0.717, 1.165) is 0 Å². The van der Waals surface area contributed by atoms with Crippen LogP contribution in [0, 0.1) is 18.3 Å². The van der Waals surface area contributed by atoms with Gasteiger partial charge in [-0.3, -0.25) is 9.36 Å².